The molecule has 0 bridgehead atoms. The van der Waals surface area contributed by atoms with Gasteiger partial charge < -0.3 is 18.6 Å². The zero-order valence-corrected chi connectivity index (χ0v) is 21.6. The monoisotopic (exact) mass is 548 g/mol. The highest BCUT2D eigenvalue weighted by molar-refractivity contribution is 9.10. The normalized spacial score (nSPS) is 17.9. The fourth-order valence-corrected chi connectivity index (χ4v) is 4.29. The van der Waals surface area contributed by atoms with E-state index in [2.05, 4.69) is 15.9 Å². The molecule has 3 aromatic rings. The molecule has 0 atom stereocenters. The predicted octanol–water partition coefficient (Wildman–Crippen LogP) is 6.39. The summed E-state index contributed by atoms with van der Waals surface area (Å²) in [4.78, 5) is 24.7. The van der Waals surface area contributed by atoms with Gasteiger partial charge >= 0.3 is 5.97 Å². The molecular weight excluding hydrogens is 524 g/mol. The fraction of sp³-hybridized carbons (Fsp3) is 0.385. The van der Waals surface area contributed by atoms with Crippen molar-refractivity contribution in [2.45, 2.75) is 45.3 Å². The van der Waals surface area contributed by atoms with Gasteiger partial charge in [-0.25, -0.2) is 0 Å². The van der Waals surface area contributed by atoms with Crippen LogP contribution in [0.15, 0.2) is 56.1 Å². The van der Waals surface area contributed by atoms with E-state index in [0.717, 1.165) is 4.47 Å². The van der Waals surface area contributed by atoms with Crippen LogP contribution in [0.5, 0.6) is 5.75 Å². The highest BCUT2D eigenvalue weighted by atomic mass is 79.9. The predicted molar refractivity (Wildman–Crippen MR) is 134 cm³/mol. The Morgan fingerprint density at radius 3 is 2.65 bits per heavy atom. The van der Waals surface area contributed by atoms with E-state index in [1.165, 1.54) is 6.07 Å². The molecule has 1 aromatic heterocycles. The van der Waals surface area contributed by atoms with E-state index in [1.807, 2.05) is 39.0 Å². The first-order chi connectivity index (χ1) is 16.1. The highest BCUT2D eigenvalue weighted by Gasteiger charge is 2.37. The molecule has 0 amide bonds. The van der Waals surface area contributed by atoms with Crippen LogP contribution in [-0.4, -0.2) is 30.9 Å². The van der Waals surface area contributed by atoms with Crippen LogP contribution in [0.2, 0.25) is 5.02 Å². The van der Waals surface area contributed by atoms with Gasteiger partial charge in [-0.05, 0) is 63.9 Å². The minimum Gasteiger partial charge on any atom is -0.490 e. The molecule has 0 N–H and O–H groups in total. The van der Waals surface area contributed by atoms with Crippen LogP contribution in [0.1, 0.15) is 33.6 Å². The number of fused-ring (bicyclic) bond motifs is 1. The Kier molecular flexibility index (Phi) is 7.36. The van der Waals surface area contributed by atoms with Crippen LogP contribution >= 0.6 is 27.5 Å². The molecule has 1 aliphatic carbocycles. The lowest BCUT2D eigenvalue weighted by Crippen LogP contribution is -2.40. The maximum absolute atomic E-state index is 12.6. The molecule has 2 aromatic carbocycles. The van der Waals surface area contributed by atoms with Crippen molar-refractivity contribution in [1.29, 1.82) is 0 Å². The molecule has 6 nitrogen and oxygen atoms in total. The van der Waals surface area contributed by atoms with Gasteiger partial charge in [-0.3, -0.25) is 9.59 Å². The number of hydrogen-bond donors (Lipinski definition) is 0. The quantitative estimate of drug-likeness (QED) is 0.251. The summed E-state index contributed by atoms with van der Waals surface area (Å²) in [6, 6.07) is 12.0. The number of hydrogen-bond acceptors (Lipinski definition) is 6. The molecule has 0 aliphatic heterocycles. The van der Waals surface area contributed by atoms with Crippen LogP contribution < -0.4 is 10.2 Å². The van der Waals surface area contributed by atoms with Crippen LogP contribution in [0.4, 0.5) is 0 Å². The smallest absolute Gasteiger partial charge is 0.309 e. The first-order valence-electron chi connectivity index (χ1n) is 11.1. The molecule has 1 saturated carbocycles. The molecular formula is C26H26BrClO6. The van der Waals surface area contributed by atoms with Crippen molar-refractivity contribution in [3.63, 3.8) is 0 Å². The van der Waals surface area contributed by atoms with Crippen LogP contribution in [0, 0.1) is 5.92 Å². The summed E-state index contributed by atoms with van der Waals surface area (Å²) in [5.41, 5.74) is 0.318. The number of carbonyl (C=O) groups excluding carboxylic acids is 1. The zero-order chi connectivity index (χ0) is 24.5. The van der Waals surface area contributed by atoms with E-state index in [9.17, 15) is 9.59 Å². The van der Waals surface area contributed by atoms with Gasteiger partial charge in [-0.2, -0.15) is 0 Å². The summed E-state index contributed by atoms with van der Waals surface area (Å²) in [6.07, 6.45) is 1.32. The van der Waals surface area contributed by atoms with E-state index in [4.69, 9.17) is 30.2 Å². The van der Waals surface area contributed by atoms with Crippen molar-refractivity contribution >= 4 is 44.5 Å². The van der Waals surface area contributed by atoms with E-state index in [-0.39, 0.29) is 23.4 Å². The lowest BCUT2D eigenvalue weighted by molar-refractivity contribution is -0.169. The maximum atomic E-state index is 12.6. The Labute approximate surface area is 211 Å². The van der Waals surface area contributed by atoms with E-state index in [1.54, 1.807) is 18.2 Å². The van der Waals surface area contributed by atoms with Gasteiger partial charge in [0.15, 0.2) is 11.0 Å². The van der Waals surface area contributed by atoms with Crippen molar-refractivity contribution in [3.8, 4) is 17.1 Å². The van der Waals surface area contributed by atoms with Gasteiger partial charge in [-0.1, -0.05) is 33.6 Å². The summed E-state index contributed by atoms with van der Waals surface area (Å²) in [5, 5.41) is 0.795. The SMILES string of the molecule is CC(C)(C)OC(=O)[C@H]1C[C@@H](OCCOc2cc(Br)ccc2-c2cc(=O)c3cccc(Cl)c3o2)C1. The number of ether oxygens (including phenoxy) is 3. The third-order valence-electron chi connectivity index (χ3n) is 5.45. The second-order valence-electron chi connectivity index (χ2n) is 9.27. The Bertz CT molecular complexity index is 1260. The van der Waals surface area contributed by atoms with Crippen molar-refractivity contribution in [1.82, 2.24) is 0 Å². The summed E-state index contributed by atoms with van der Waals surface area (Å²) in [5.74, 6) is 0.643. The molecule has 34 heavy (non-hydrogen) atoms. The third kappa shape index (κ3) is 5.82. The number of halogens is 2. The van der Waals surface area contributed by atoms with E-state index >= 15 is 0 Å². The summed E-state index contributed by atoms with van der Waals surface area (Å²) in [7, 11) is 0. The molecule has 0 spiro atoms. The number of para-hydroxylation sites is 1. The topological polar surface area (TPSA) is 75.0 Å². The van der Waals surface area contributed by atoms with Crippen molar-refractivity contribution in [3.05, 3.63) is 62.2 Å². The molecule has 0 saturated heterocycles. The highest BCUT2D eigenvalue weighted by Crippen LogP contribution is 2.35. The van der Waals surface area contributed by atoms with Crippen molar-refractivity contribution in [2.24, 2.45) is 5.92 Å². The molecule has 180 valence electrons. The molecule has 1 fully saturated rings. The fourth-order valence-electron chi connectivity index (χ4n) is 3.74. The number of rotatable bonds is 7. The Morgan fingerprint density at radius 1 is 1.15 bits per heavy atom. The van der Waals surface area contributed by atoms with E-state index in [0.29, 0.717) is 59.1 Å². The minimum atomic E-state index is -0.478. The lowest BCUT2D eigenvalue weighted by atomic mass is 9.82. The summed E-state index contributed by atoms with van der Waals surface area (Å²) < 4.78 is 24.0. The summed E-state index contributed by atoms with van der Waals surface area (Å²) >= 11 is 9.71. The Hall–Kier alpha value is -2.35. The number of esters is 1. The van der Waals surface area contributed by atoms with Gasteiger partial charge in [0.25, 0.3) is 0 Å². The van der Waals surface area contributed by atoms with Gasteiger partial charge in [0.2, 0.25) is 0 Å². The molecule has 8 heteroatoms. The second-order valence-corrected chi connectivity index (χ2v) is 10.6. The first-order valence-corrected chi connectivity index (χ1v) is 12.3. The van der Waals surface area contributed by atoms with Crippen molar-refractivity contribution < 1.29 is 23.4 Å². The molecule has 4 rings (SSSR count). The van der Waals surface area contributed by atoms with Gasteiger partial charge in [0, 0.05) is 10.5 Å². The average molecular weight is 550 g/mol. The zero-order valence-electron chi connectivity index (χ0n) is 19.2. The van der Waals surface area contributed by atoms with Crippen LogP contribution in [0.3, 0.4) is 0 Å². The first kappa shape index (κ1) is 24.8. The standard InChI is InChI=1S/C26H26BrClO6/c1-26(2,3)34-25(30)15-11-17(12-15)31-9-10-32-22-13-16(27)7-8-19(22)23-14-21(29)18-5-4-6-20(28)24(18)33-23/h4-8,13-15,17H,9-12H2,1-3H3/t15-,17+. The molecule has 1 heterocycles. The maximum Gasteiger partial charge on any atom is 0.309 e. The summed E-state index contributed by atoms with van der Waals surface area (Å²) in [6.45, 7) is 6.26. The van der Waals surface area contributed by atoms with Crippen LogP contribution in [0.25, 0.3) is 22.3 Å². The van der Waals surface area contributed by atoms with Gasteiger partial charge in [0.05, 0.1) is 34.6 Å². The van der Waals surface area contributed by atoms with E-state index < -0.39 is 5.60 Å². The number of carbonyl (C=O) groups is 1. The molecule has 1 aliphatic rings. The van der Waals surface area contributed by atoms with Crippen molar-refractivity contribution in [2.75, 3.05) is 13.2 Å². The molecule has 0 radical (unpaired) electrons. The Balaban J connectivity index is 1.38. The second kappa shape index (κ2) is 10.1. The minimum absolute atomic E-state index is 0.0174. The molecule has 0 unspecified atom stereocenters. The van der Waals surface area contributed by atoms with Gasteiger partial charge in [0.1, 0.15) is 23.7 Å². The van der Waals surface area contributed by atoms with Crippen LogP contribution in [-0.2, 0) is 14.3 Å². The lowest BCUT2D eigenvalue weighted by Gasteiger charge is -2.35. The average Bonchev–Trinajstić information content (AvgIpc) is 2.71. The third-order valence-corrected chi connectivity index (χ3v) is 6.24. The Morgan fingerprint density at radius 2 is 1.91 bits per heavy atom. The number of benzene rings is 2. The largest absolute Gasteiger partial charge is 0.490 e. The van der Waals surface area contributed by atoms with Gasteiger partial charge in [-0.15, -0.1) is 0 Å².